The van der Waals surface area contributed by atoms with E-state index >= 15 is 0 Å². The molecule has 0 bridgehead atoms. The lowest BCUT2D eigenvalue weighted by atomic mass is 10.2. The fraction of sp³-hybridized carbons (Fsp3) is 0.400. The molecule has 0 spiro atoms. The lowest BCUT2D eigenvalue weighted by Gasteiger charge is -2.36. The molecule has 0 atom stereocenters. The number of piperazine rings is 1. The highest BCUT2D eigenvalue weighted by atomic mass is 19.1. The zero-order valence-corrected chi connectivity index (χ0v) is 19.9. The summed E-state index contributed by atoms with van der Waals surface area (Å²) in [5.41, 5.74) is 1.81. The summed E-state index contributed by atoms with van der Waals surface area (Å²) < 4.78 is 13.8. The molecular formula is C25H32FN5O3. The number of nitrogens with zero attached hydrogens (tertiary/aromatic N) is 3. The molecule has 1 aliphatic rings. The van der Waals surface area contributed by atoms with Crippen molar-refractivity contribution >= 4 is 34.9 Å². The van der Waals surface area contributed by atoms with Crippen LogP contribution < -0.4 is 15.5 Å². The van der Waals surface area contributed by atoms with Crippen LogP contribution >= 0.6 is 0 Å². The summed E-state index contributed by atoms with van der Waals surface area (Å²) in [6, 6.07) is 13.2. The number of carbonyl (C=O) groups excluding carboxylic acids is 3. The number of rotatable bonds is 7. The third-order valence-electron chi connectivity index (χ3n) is 5.76. The van der Waals surface area contributed by atoms with Crippen molar-refractivity contribution in [1.82, 2.24) is 9.80 Å². The SMILES string of the molecule is CCC(=O)N(CC(=O)Nc1ccc(N2CCN(C(=O)Nc3ccccc3F)CC2)cc1)C(C)C. The van der Waals surface area contributed by atoms with Crippen molar-refractivity contribution in [2.24, 2.45) is 0 Å². The van der Waals surface area contributed by atoms with Crippen LogP contribution in [0, 0.1) is 5.82 Å². The van der Waals surface area contributed by atoms with E-state index in [1.807, 2.05) is 38.1 Å². The quantitative estimate of drug-likeness (QED) is 0.647. The van der Waals surface area contributed by atoms with Gasteiger partial charge in [-0.1, -0.05) is 19.1 Å². The standard InChI is InChI=1S/C25H32FN5O3/c1-4-24(33)31(18(2)3)17-23(32)27-19-9-11-20(12-10-19)29-13-15-30(16-14-29)25(34)28-22-8-6-5-7-21(22)26/h5-12,18H,4,13-17H2,1-3H3,(H,27,32)(H,28,34). The number of halogens is 1. The molecule has 0 unspecified atom stereocenters. The number of hydrogen-bond acceptors (Lipinski definition) is 4. The fourth-order valence-electron chi connectivity index (χ4n) is 3.80. The molecule has 1 aliphatic heterocycles. The Labute approximate surface area is 199 Å². The lowest BCUT2D eigenvalue weighted by molar-refractivity contribution is -0.136. The summed E-state index contributed by atoms with van der Waals surface area (Å²) in [5.74, 6) is -0.754. The monoisotopic (exact) mass is 469 g/mol. The average molecular weight is 470 g/mol. The molecule has 0 aromatic heterocycles. The van der Waals surface area contributed by atoms with Crippen LogP contribution in [0.3, 0.4) is 0 Å². The van der Waals surface area contributed by atoms with Crippen LogP contribution in [0.5, 0.6) is 0 Å². The van der Waals surface area contributed by atoms with E-state index in [2.05, 4.69) is 15.5 Å². The first kappa shape index (κ1) is 25.0. The molecule has 34 heavy (non-hydrogen) atoms. The van der Waals surface area contributed by atoms with Crippen LogP contribution in [0.15, 0.2) is 48.5 Å². The van der Waals surface area contributed by atoms with Gasteiger partial charge in [0.1, 0.15) is 12.4 Å². The van der Waals surface area contributed by atoms with Crippen LogP contribution in [0.4, 0.5) is 26.2 Å². The normalized spacial score (nSPS) is 13.6. The second-order valence-electron chi connectivity index (χ2n) is 8.45. The topological polar surface area (TPSA) is 85.0 Å². The Morgan fingerprint density at radius 2 is 1.62 bits per heavy atom. The van der Waals surface area contributed by atoms with Gasteiger partial charge in [0.05, 0.1) is 5.69 Å². The third-order valence-corrected chi connectivity index (χ3v) is 5.76. The minimum atomic E-state index is -0.462. The van der Waals surface area contributed by atoms with Gasteiger partial charge in [0.15, 0.2) is 0 Å². The Bertz CT molecular complexity index is 1000. The molecule has 9 heteroatoms. The van der Waals surface area contributed by atoms with Crippen molar-refractivity contribution < 1.29 is 18.8 Å². The fourth-order valence-corrected chi connectivity index (χ4v) is 3.80. The van der Waals surface area contributed by atoms with Gasteiger partial charge in [-0.15, -0.1) is 0 Å². The van der Waals surface area contributed by atoms with Gasteiger partial charge in [-0.3, -0.25) is 9.59 Å². The predicted octanol–water partition coefficient (Wildman–Crippen LogP) is 3.77. The van der Waals surface area contributed by atoms with Crippen molar-refractivity contribution in [1.29, 1.82) is 0 Å². The van der Waals surface area contributed by atoms with Crippen molar-refractivity contribution in [3.63, 3.8) is 0 Å². The number of nitrogens with one attached hydrogen (secondary N) is 2. The van der Waals surface area contributed by atoms with Crippen molar-refractivity contribution in [3.8, 4) is 0 Å². The maximum atomic E-state index is 13.8. The molecular weight excluding hydrogens is 437 g/mol. The van der Waals surface area contributed by atoms with Gasteiger partial charge >= 0.3 is 6.03 Å². The van der Waals surface area contributed by atoms with Crippen LogP contribution in [0.1, 0.15) is 27.2 Å². The second kappa shape index (κ2) is 11.5. The molecule has 1 heterocycles. The molecule has 2 aromatic rings. The van der Waals surface area contributed by atoms with Gasteiger partial charge in [-0.2, -0.15) is 0 Å². The first-order valence-electron chi connectivity index (χ1n) is 11.5. The zero-order valence-electron chi connectivity index (χ0n) is 19.9. The highest BCUT2D eigenvalue weighted by molar-refractivity contribution is 5.94. The molecule has 0 saturated carbocycles. The summed E-state index contributed by atoms with van der Waals surface area (Å²) in [6.07, 6.45) is 0.359. The van der Waals surface area contributed by atoms with E-state index in [0.717, 1.165) is 5.69 Å². The minimum absolute atomic E-state index is 0.0169. The van der Waals surface area contributed by atoms with Crippen molar-refractivity contribution in [3.05, 3.63) is 54.3 Å². The molecule has 1 fully saturated rings. The first-order valence-corrected chi connectivity index (χ1v) is 11.5. The molecule has 0 radical (unpaired) electrons. The smallest absolute Gasteiger partial charge is 0.322 e. The van der Waals surface area contributed by atoms with E-state index in [4.69, 9.17) is 0 Å². The van der Waals surface area contributed by atoms with Crippen LogP contribution in [-0.2, 0) is 9.59 Å². The summed E-state index contributed by atoms with van der Waals surface area (Å²) in [6.45, 7) is 7.87. The van der Waals surface area contributed by atoms with E-state index in [1.54, 1.807) is 28.9 Å². The van der Waals surface area contributed by atoms with Crippen LogP contribution in [-0.4, -0.2) is 66.4 Å². The van der Waals surface area contributed by atoms with Crippen LogP contribution in [0.2, 0.25) is 0 Å². The van der Waals surface area contributed by atoms with Gasteiger partial charge in [0, 0.05) is 50.0 Å². The van der Waals surface area contributed by atoms with Gasteiger partial charge in [0.25, 0.3) is 0 Å². The van der Waals surface area contributed by atoms with E-state index in [1.165, 1.54) is 12.1 Å². The maximum Gasteiger partial charge on any atom is 0.322 e. The highest BCUT2D eigenvalue weighted by Gasteiger charge is 2.22. The van der Waals surface area contributed by atoms with E-state index < -0.39 is 5.82 Å². The van der Waals surface area contributed by atoms with Crippen molar-refractivity contribution in [2.45, 2.75) is 33.2 Å². The van der Waals surface area contributed by atoms with Gasteiger partial charge in [0.2, 0.25) is 11.8 Å². The Morgan fingerprint density at radius 3 is 2.21 bits per heavy atom. The average Bonchev–Trinajstić information content (AvgIpc) is 2.84. The number of anilines is 3. The Balaban J connectivity index is 1.50. The Morgan fingerprint density at radius 1 is 0.971 bits per heavy atom. The zero-order chi connectivity index (χ0) is 24.7. The summed E-state index contributed by atoms with van der Waals surface area (Å²) in [5, 5.41) is 5.46. The van der Waals surface area contributed by atoms with Gasteiger partial charge in [-0.25, -0.2) is 9.18 Å². The third kappa shape index (κ3) is 6.46. The summed E-state index contributed by atoms with van der Waals surface area (Å²) in [4.78, 5) is 42.3. The maximum absolute atomic E-state index is 13.8. The van der Waals surface area contributed by atoms with E-state index in [-0.39, 0.29) is 36.1 Å². The molecule has 1 saturated heterocycles. The van der Waals surface area contributed by atoms with Crippen LogP contribution in [0.25, 0.3) is 0 Å². The van der Waals surface area contributed by atoms with E-state index in [0.29, 0.717) is 38.3 Å². The number of carbonyl (C=O) groups is 3. The Kier molecular flexibility index (Phi) is 8.45. The Hall–Kier alpha value is -3.62. The largest absolute Gasteiger partial charge is 0.368 e. The highest BCUT2D eigenvalue weighted by Crippen LogP contribution is 2.20. The summed E-state index contributed by atoms with van der Waals surface area (Å²) in [7, 11) is 0. The molecule has 3 rings (SSSR count). The molecule has 182 valence electrons. The number of urea groups is 1. The lowest BCUT2D eigenvalue weighted by Crippen LogP contribution is -2.50. The van der Waals surface area contributed by atoms with Crippen molar-refractivity contribution in [2.75, 3.05) is 48.3 Å². The molecule has 2 N–H and O–H groups in total. The predicted molar refractivity (Wildman–Crippen MR) is 131 cm³/mol. The first-order chi connectivity index (χ1) is 16.3. The van der Waals surface area contributed by atoms with E-state index in [9.17, 15) is 18.8 Å². The number of benzene rings is 2. The molecule has 0 aliphatic carbocycles. The number of hydrogen-bond donors (Lipinski definition) is 2. The molecule has 4 amide bonds. The summed E-state index contributed by atoms with van der Waals surface area (Å²) >= 11 is 0. The number of para-hydroxylation sites is 1. The second-order valence-corrected chi connectivity index (χ2v) is 8.45. The van der Waals surface area contributed by atoms with Gasteiger partial charge < -0.3 is 25.3 Å². The number of amides is 4. The molecule has 2 aromatic carbocycles. The van der Waals surface area contributed by atoms with Gasteiger partial charge in [-0.05, 0) is 50.2 Å². The minimum Gasteiger partial charge on any atom is -0.368 e. The molecule has 8 nitrogen and oxygen atoms in total.